The van der Waals surface area contributed by atoms with Crippen LogP contribution in [0.15, 0.2) is 18.2 Å². The predicted octanol–water partition coefficient (Wildman–Crippen LogP) is 1.84. The number of esters is 1. The highest BCUT2D eigenvalue weighted by Gasteiger charge is 2.19. The van der Waals surface area contributed by atoms with Gasteiger partial charge in [0.25, 0.3) is 0 Å². The quantitative estimate of drug-likeness (QED) is 0.598. The van der Waals surface area contributed by atoms with Crippen LogP contribution in [-0.4, -0.2) is 62.2 Å². The molecule has 1 aliphatic heterocycles. The Balaban J connectivity index is 2.22. The summed E-state index contributed by atoms with van der Waals surface area (Å²) in [5, 5.41) is 5.95. The van der Waals surface area contributed by atoms with Gasteiger partial charge in [0.15, 0.2) is 5.11 Å². The lowest BCUT2D eigenvalue weighted by molar-refractivity contribution is -0.119. The summed E-state index contributed by atoms with van der Waals surface area (Å²) in [6.07, 6.45) is 1.16. The van der Waals surface area contributed by atoms with Crippen molar-refractivity contribution >= 4 is 40.6 Å². The van der Waals surface area contributed by atoms with Gasteiger partial charge in [-0.1, -0.05) is 6.92 Å². The van der Waals surface area contributed by atoms with E-state index in [4.69, 9.17) is 17.0 Å². The molecule has 1 aromatic carbocycles. The minimum absolute atomic E-state index is 0.129. The van der Waals surface area contributed by atoms with Crippen LogP contribution in [0.5, 0.6) is 0 Å². The summed E-state index contributed by atoms with van der Waals surface area (Å²) in [4.78, 5) is 28.1. The van der Waals surface area contributed by atoms with Gasteiger partial charge >= 0.3 is 5.97 Å². The monoisotopic (exact) mass is 378 g/mol. The molecular formula is C18H26N4O3S. The van der Waals surface area contributed by atoms with E-state index in [2.05, 4.69) is 27.5 Å². The summed E-state index contributed by atoms with van der Waals surface area (Å²) in [7, 11) is 3.44. The van der Waals surface area contributed by atoms with Crippen LogP contribution < -0.4 is 15.5 Å². The number of methoxy groups -OCH3 is 1. The summed E-state index contributed by atoms with van der Waals surface area (Å²) < 4.78 is 4.80. The third-order valence-corrected chi connectivity index (χ3v) is 4.44. The second-order valence-electron chi connectivity index (χ2n) is 6.27. The Hall–Kier alpha value is -2.19. The van der Waals surface area contributed by atoms with E-state index < -0.39 is 5.97 Å². The fourth-order valence-electron chi connectivity index (χ4n) is 2.77. The number of nitrogens with one attached hydrogen (secondary N) is 2. The lowest BCUT2D eigenvalue weighted by atomic mass is 10.1. The van der Waals surface area contributed by atoms with Gasteiger partial charge in [0.1, 0.15) is 0 Å². The molecule has 0 aliphatic carbocycles. The third-order valence-electron chi connectivity index (χ3n) is 4.24. The molecule has 7 nitrogen and oxygen atoms in total. The zero-order chi connectivity index (χ0) is 19.1. The Kier molecular flexibility index (Phi) is 7.35. The smallest absolute Gasteiger partial charge is 0.337 e. The Bertz CT molecular complexity index is 672. The highest BCUT2D eigenvalue weighted by atomic mass is 32.1. The fourth-order valence-corrected chi connectivity index (χ4v) is 3.00. The fraction of sp³-hybridized carbons (Fsp3) is 0.500. The zero-order valence-corrected chi connectivity index (χ0v) is 16.3. The van der Waals surface area contributed by atoms with Crippen LogP contribution >= 0.6 is 12.2 Å². The van der Waals surface area contributed by atoms with Crippen molar-refractivity contribution in [1.29, 1.82) is 0 Å². The Labute approximate surface area is 159 Å². The maximum atomic E-state index is 11.9. The van der Waals surface area contributed by atoms with Crippen molar-refractivity contribution in [2.45, 2.75) is 19.8 Å². The molecular weight excluding hydrogens is 352 g/mol. The van der Waals surface area contributed by atoms with Crippen LogP contribution in [0.2, 0.25) is 0 Å². The summed E-state index contributed by atoms with van der Waals surface area (Å²) in [5.41, 5.74) is 2.05. The van der Waals surface area contributed by atoms with Crippen LogP contribution in [0.4, 0.5) is 11.4 Å². The topological polar surface area (TPSA) is 73.9 Å². The van der Waals surface area contributed by atoms with Crippen molar-refractivity contribution in [2.75, 3.05) is 50.6 Å². The number of amides is 1. The predicted molar refractivity (Wildman–Crippen MR) is 107 cm³/mol. The first-order valence-electron chi connectivity index (χ1n) is 8.71. The third kappa shape index (κ3) is 5.40. The van der Waals surface area contributed by atoms with E-state index in [0.29, 0.717) is 17.7 Å². The number of nitrogens with zero attached hydrogens (tertiary/aromatic N) is 2. The van der Waals surface area contributed by atoms with Crippen LogP contribution in [0, 0.1) is 0 Å². The lowest BCUT2D eigenvalue weighted by Crippen LogP contribution is -2.45. The number of carbonyl (C=O) groups is 2. The van der Waals surface area contributed by atoms with Crippen molar-refractivity contribution < 1.29 is 14.3 Å². The minimum Gasteiger partial charge on any atom is -0.465 e. The molecule has 0 aromatic heterocycles. The van der Waals surface area contributed by atoms with E-state index in [1.54, 1.807) is 12.1 Å². The molecule has 0 saturated carbocycles. The highest BCUT2D eigenvalue weighted by Crippen LogP contribution is 2.28. The molecule has 8 heteroatoms. The number of hydrogen-bond acceptors (Lipinski definition) is 6. The molecule has 2 rings (SSSR count). The molecule has 0 spiro atoms. The summed E-state index contributed by atoms with van der Waals surface area (Å²) >= 11 is 5.26. The molecule has 1 fully saturated rings. The molecule has 0 bridgehead atoms. The average molecular weight is 378 g/mol. The van der Waals surface area contributed by atoms with Gasteiger partial charge in [-0.05, 0) is 43.9 Å². The number of likely N-dealkylation sites (N-methyl/N-ethyl adjacent to an activating group) is 1. The first-order chi connectivity index (χ1) is 12.4. The second kappa shape index (κ2) is 9.49. The SMILES string of the molecule is CCCC(=O)NC(=S)Nc1cc(C(=O)OC)ccc1N1CCN(C)CC1. The van der Waals surface area contributed by atoms with Gasteiger partial charge in [-0.15, -0.1) is 0 Å². The van der Waals surface area contributed by atoms with Gasteiger partial charge in [0.2, 0.25) is 5.91 Å². The second-order valence-corrected chi connectivity index (χ2v) is 6.67. The van der Waals surface area contributed by atoms with Gasteiger partial charge < -0.3 is 25.2 Å². The van der Waals surface area contributed by atoms with Crippen LogP contribution in [-0.2, 0) is 9.53 Å². The van der Waals surface area contributed by atoms with Crippen LogP contribution in [0.3, 0.4) is 0 Å². The standard InChI is InChI=1S/C18H26N4O3S/c1-4-5-16(23)20-18(26)19-14-12-13(17(24)25-3)6-7-15(14)22-10-8-21(2)9-11-22/h6-7,12H,4-5,8-11H2,1-3H3,(H2,19,20,23,26). The number of piperazine rings is 1. The van der Waals surface area contributed by atoms with Crippen molar-refractivity contribution in [1.82, 2.24) is 10.2 Å². The maximum absolute atomic E-state index is 11.9. The molecule has 0 radical (unpaired) electrons. The van der Waals surface area contributed by atoms with E-state index in [1.807, 2.05) is 13.0 Å². The number of anilines is 2. The zero-order valence-electron chi connectivity index (χ0n) is 15.5. The van der Waals surface area contributed by atoms with E-state index in [9.17, 15) is 9.59 Å². The first kappa shape index (κ1) is 20.1. The van der Waals surface area contributed by atoms with Crippen molar-refractivity contribution in [3.05, 3.63) is 23.8 Å². The molecule has 0 unspecified atom stereocenters. The largest absolute Gasteiger partial charge is 0.465 e. The van der Waals surface area contributed by atoms with Gasteiger partial charge in [-0.25, -0.2) is 4.79 Å². The molecule has 2 N–H and O–H groups in total. The molecule has 1 amide bonds. The van der Waals surface area contributed by atoms with E-state index in [-0.39, 0.29) is 11.0 Å². The molecule has 142 valence electrons. The summed E-state index contributed by atoms with van der Waals surface area (Å²) in [6, 6.07) is 5.33. The normalized spacial score (nSPS) is 14.7. The number of benzene rings is 1. The minimum atomic E-state index is -0.418. The summed E-state index contributed by atoms with van der Waals surface area (Å²) in [6.45, 7) is 5.59. The number of ether oxygens (including phenoxy) is 1. The Morgan fingerprint density at radius 3 is 2.54 bits per heavy atom. The number of thiocarbonyl (C=S) groups is 1. The number of rotatable bonds is 5. The Morgan fingerprint density at radius 1 is 1.23 bits per heavy atom. The number of hydrogen-bond donors (Lipinski definition) is 2. The number of carbonyl (C=O) groups excluding carboxylic acids is 2. The van der Waals surface area contributed by atoms with Gasteiger partial charge in [0.05, 0.1) is 24.0 Å². The van der Waals surface area contributed by atoms with E-state index in [0.717, 1.165) is 38.3 Å². The Morgan fingerprint density at radius 2 is 1.92 bits per heavy atom. The molecule has 1 aliphatic rings. The van der Waals surface area contributed by atoms with Crippen molar-refractivity contribution in [3.63, 3.8) is 0 Å². The average Bonchev–Trinajstić information content (AvgIpc) is 2.62. The van der Waals surface area contributed by atoms with Crippen molar-refractivity contribution in [3.8, 4) is 0 Å². The maximum Gasteiger partial charge on any atom is 0.337 e. The molecule has 26 heavy (non-hydrogen) atoms. The van der Waals surface area contributed by atoms with Gasteiger partial charge in [0, 0.05) is 32.6 Å². The summed E-state index contributed by atoms with van der Waals surface area (Å²) in [5.74, 6) is -0.547. The highest BCUT2D eigenvalue weighted by molar-refractivity contribution is 7.80. The molecule has 1 aromatic rings. The van der Waals surface area contributed by atoms with E-state index >= 15 is 0 Å². The van der Waals surface area contributed by atoms with Crippen LogP contribution in [0.1, 0.15) is 30.1 Å². The van der Waals surface area contributed by atoms with E-state index in [1.165, 1.54) is 7.11 Å². The molecule has 1 saturated heterocycles. The molecule has 1 heterocycles. The molecule has 0 atom stereocenters. The lowest BCUT2D eigenvalue weighted by Gasteiger charge is -2.35. The van der Waals surface area contributed by atoms with Crippen LogP contribution in [0.25, 0.3) is 0 Å². The van der Waals surface area contributed by atoms with Crippen molar-refractivity contribution in [2.24, 2.45) is 0 Å². The van der Waals surface area contributed by atoms with Gasteiger partial charge in [-0.3, -0.25) is 4.79 Å². The first-order valence-corrected chi connectivity index (χ1v) is 9.12. The van der Waals surface area contributed by atoms with Gasteiger partial charge in [-0.2, -0.15) is 0 Å².